The quantitative estimate of drug-likeness (QED) is 0.786. The number of nitrogens with two attached hydrogens (primary N) is 1. The molecule has 112 valence electrons. The number of thioether (sulfide) groups is 1. The first kappa shape index (κ1) is 13.9. The van der Waals surface area contributed by atoms with E-state index in [0.29, 0.717) is 0 Å². The van der Waals surface area contributed by atoms with E-state index in [4.69, 9.17) is 15.2 Å². The lowest BCUT2D eigenvalue weighted by atomic mass is 10.3. The number of fused-ring (bicyclic) bond motifs is 1. The molecule has 1 fully saturated rings. The second-order valence-electron chi connectivity index (χ2n) is 4.49. The summed E-state index contributed by atoms with van der Waals surface area (Å²) in [6, 6.07) is 0. The molecule has 2 aliphatic rings. The summed E-state index contributed by atoms with van der Waals surface area (Å²) < 4.78 is 10.4. The summed E-state index contributed by atoms with van der Waals surface area (Å²) in [5.74, 6) is 0.360. The number of hydrogen-bond donors (Lipinski definition) is 2. The zero-order chi connectivity index (χ0) is 15.0. The third-order valence-corrected chi connectivity index (χ3v) is 4.30. The summed E-state index contributed by atoms with van der Waals surface area (Å²) in [6.07, 6.45) is 2.66. The predicted octanol–water partition coefficient (Wildman–Crippen LogP) is -0.218. The summed E-state index contributed by atoms with van der Waals surface area (Å²) in [7, 11) is 0. The summed E-state index contributed by atoms with van der Waals surface area (Å²) >= 11 is 1.36. The van der Waals surface area contributed by atoms with Crippen LogP contribution in [0.4, 0.5) is 16.4 Å². The first-order valence-electron chi connectivity index (χ1n) is 6.12. The predicted molar refractivity (Wildman–Crippen MR) is 75.3 cm³/mol. The molecule has 3 heterocycles. The van der Waals surface area contributed by atoms with Gasteiger partial charge in [-0.25, -0.2) is 14.8 Å². The summed E-state index contributed by atoms with van der Waals surface area (Å²) in [5.41, 5.74) is 5.67. The maximum Gasteiger partial charge on any atom is 0.417 e. The van der Waals surface area contributed by atoms with Gasteiger partial charge in [0.05, 0.1) is 12.7 Å². The van der Waals surface area contributed by atoms with Crippen LogP contribution in [-0.4, -0.2) is 52.9 Å². The number of hydrogen-bond acceptors (Lipinski definition) is 8. The Morgan fingerprint density at radius 3 is 3.05 bits per heavy atom. The number of cyclic esters (lactones) is 1. The average molecular weight is 311 g/mol. The summed E-state index contributed by atoms with van der Waals surface area (Å²) in [6.45, 7) is 0.343. The van der Waals surface area contributed by atoms with Gasteiger partial charge in [0.25, 0.3) is 11.8 Å². The standard InChI is InChI=1S/C11H13N5O4S/c1-21-11(4-12)5-16(10(18)20-11)6-2-13-9-8(14-6)15-7(17)3-19-9/h2H,3-5,12H2,1H3,(H,14,15,17). The fourth-order valence-corrected chi connectivity index (χ4v) is 2.59. The SMILES string of the molecule is CSC1(CN)CN(c2cnc3c(n2)NC(=O)CO3)C(=O)O1. The Morgan fingerprint density at radius 2 is 2.38 bits per heavy atom. The van der Waals surface area contributed by atoms with E-state index >= 15 is 0 Å². The molecule has 9 nitrogen and oxygen atoms in total. The minimum Gasteiger partial charge on any atom is -0.465 e. The lowest BCUT2D eigenvalue weighted by molar-refractivity contribution is -0.118. The average Bonchev–Trinajstić information content (AvgIpc) is 2.84. The van der Waals surface area contributed by atoms with Crippen LogP contribution in [0.25, 0.3) is 0 Å². The molecule has 1 aromatic heterocycles. The smallest absolute Gasteiger partial charge is 0.417 e. The molecular formula is C11H13N5O4S. The van der Waals surface area contributed by atoms with Crippen molar-refractivity contribution in [1.29, 1.82) is 0 Å². The number of ether oxygens (including phenoxy) is 2. The lowest BCUT2D eigenvalue weighted by Crippen LogP contribution is -2.38. The van der Waals surface area contributed by atoms with E-state index in [2.05, 4.69) is 15.3 Å². The second kappa shape index (κ2) is 5.04. The minimum absolute atomic E-state index is 0.102. The van der Waals surface area contributed by atoms with E-state index in [9.17, 15) is 9.59 Å². The number of nitrogens with one attached hydrogen (secondary N) is 1. The van der Waals surface area contributed by atoms with Gasteiger partial charge < -0.3 is 20.5 Å². The van der Waals surface area contributed by atoms with Gasteiger partial charge in [0, 0.05) is 6.54 Å². The Bertz CT molecular complexity index is 606. The molecule has 0 aromatic carbocycles. The van der Waals surface area contributed by atoms with Crippen LogP contribution < -0.4 is 20.7 Å². The van der Waals surface area contributed by atoms with Crippen LogP contribution in [0, 0.1) is 0 Å². The molecule has 3 rings (SSSR count). The van der Waals surface area contributed by atoms with Crippen LogP contribution in [0.1, 0.15) is 0 Å². The third-order valence-electron chi connectivity index (χ3n) is 3.18. The number of nitrogens with zero attached hydrogens (tertiary/aromatic N) is 3. The van der Waals surface area contributed by atoms with Crippen molar-refractivity contribution in [3.05, 3.63) is 6.20 Å². The van der Waals surface area contributed by atoms with Gasteiger partial charge in [-0.3, -0.25) is 9.69 Å². The van der Waals surface area contributed by atoms with E-state index in [-0.39, 0.29) is 43.1 Å². The van der Waals surface area contributed by atoms with Gasteiger partial charge in [0.1, 0.15) is 0 Å². The molecule has 1 saturated heterocycles. The van der Waals surface area contributed by atoms with Crippen LogP contribution >= 0.6 is 11.8 Å². The van der Waals surface area contributed by atoms with Crippen LogP contribution in [-0.2, 0) is 9.53 Å². The maximum absolute atomic E-state index is 12.0. The van der Waals surface area contributed by atoms with Crippen molar-refractivity contribution in [3.63, 3.8) is 0 Å². The van der Waals surface area contributed by atoms with Crippen LogP contribution in [0.15, 0.2) is 6.20 Å². The van der Waals surface area contributed by atoms with Crippen LogP contribution in [0.2, 0.25) is 0 Å². The van der Waals surface area contributed by atoms with Crippen LogP contribution in [0.5, 0.6) is 5.88 Å². The largest absolute Gasteiger partial charge is 0.465 e. The number of amides is 2. The van der Waals surface area contributed by atoms with Gasteiger partial charge in [0.2, 0.25) is 0 Å². The van der Waals surface area contributed by atoms with E-state index < -0.39 is 11.0 Å². The maximum atomic E-state index is 12.0. The lowest BCUT2D eigenvalue weighted by Gasteiger charge is -2.22. The fourth-order valence-electron chi connectivity index (χ4n) is 2.01. The number of rotatable bonds is 3. The second-order valence-corrected chi connectivity index (χ2v) is 5.64. The van der Waals surface area contributed by atoms with E-state index in [0.717, 1.165) is 0 Å². The van der Waals surface area contributed by atoms with Gasteiger partial charge in [0.15, 0.2) is 23.2 Å². The minimum atomic E-state index is -0.797. The van der Waals surface area contributed by atoms with Gasteiger partial charge in [-0.2, -0.15) is 0 Å². The molecule has 10 heteroatoms. The molecule has 21 heavy (non-hydrogen) atoms. The third kappa shape index (κ3) is 2.36. The first-order valence-corrected chi connectivity index (χ1v) is 7.35. The highest BCUT2D eigenvalue weighted by atomic mass is 32.2. The van der Waals surface area contributed by atoms with E-state index in [1.165, 1.54) is 22.9 Å². The summed E-state index contributed by atoms with van der Waals surface area (Å²) in [5, 5.41) is 2.54. The zero-order valence-electron chi connectivity index (χ0n) is 11.2. The molecule has 0 saturated carbocycles. The molecule has 1 unspecified atom stereocenters. The number of carbonyl (C=O) groups is 2. The Kier molecular flexibility index (Phi) is 3.33. The Hall–Kier alpha value is -2.07. The van der Waals surface area contributed by atoms with Crippen molar-refractivity contribution >= 4 is 35.4 Å². The van der Waals surface area contributed by atoms with Crippen molar-refractivity contribution < 1.29 is 19.1 Å². The molecule has 1 atom stereocenters. The van der Waals surface area contributed by atoms with E-state index in [1.54, 1.807) is 0 Å². The van der Waals surface area contributed by atoms with Gasteiger partial charge in [-0.05, 0) is 6.26 Å². The molecule has 0 aliphatic carbocycles. The van der Waals surface area contributed by atoms with Gasteiger partial charge in [-0.1, -0.05) is 0 Å². The summed E-state index contributed by atoms with van der Waals surface area (Å²) in [4.78, 5) is 32.0. The molecule has 2 amide bonds. The highest BCUT2D eigenvalue weighted by Crippen LogP contribution is 2.34. The van der Waals surface area contributed by atoms with Crippen molar-refractivity contribution in [3.8, 4) is 5.88 Å². The highest BCUT2D eigenvalue weighted by molar-refractivity contribution is 7.99. The van der Waals surface area contributed by atoms with Crippen LogP contribution in [0.3, 0.4) is 0 Å². The number of anilines is 2. The van der Waals surface area contributed by atoms with Crippen molar-refractivity contribution in [2.75, 3.05) is 36.2 Å². The number of aromatic nitrogens is 2. The normalized spacial score (nSPS) is 24.2. The molecule has 2 aliphatic heterocycles. The molecule has 1 aromatic rings. The number of carbonyl (C=O) groups excluding carboxylic acids is 2. The van der Waals surface area contributed by atoms with Crippen molar-refractivity contribution in [2.45, 2.75) is 4.93 Å². The van der Waals surface area contributed by atoms with Crippen molar-refractivity contribution in [2.24, 2.45) is 5.73 Å². The Labute approximate surface area is 124 Å². The van der Waals surface area contributed by atoms with Crippen molar-refractivity contribution in [1.82, 2.24) is 9.97 Å². The van der Waals surface area contributed by atoms with E-state index in [1.807, 2.05) is 6.26 Å². The van der Waals surface area contributed by atoms with Gasteiger partial charge in [-0.15, -0.1) is 11.8 Å². The molecule has 0 bridgehead atoms. The Morgan fingerprint density at radius 1 is 1.57 bits per heavy atom. The monoisotopic (exact) mass is 311 g/mol. The molecule has 3 N–H and O–H groups in total. The Balaban J connectivity index is 1.89. The fraction of sp³-hybridized carbons (Fsp3) is 0.455. The zero-order valence-corrected chi connectivity index (χ0v) is 12.0. The molecular weight excluding hydrogens is 298 g/mol. The molecule has 0 radical (unpaired) electrons. The topological polar surface area (TPSA) is 120 Å². The van der Waals surface area contributed by atoms with Gasteiger partial charge >= 0.3 is 6.09 Å². The first-order chi connectivity index (χ1) is 10.1. The molecule has 0 spiro atoms. The highest BCUT2D eigenvalue weighted by Gasteiger charge is 2.45.